The van der Waals surface area contributed by atoms with Crippen molar-refractivity contribution in [1.82, 2.24) is 4.57 Å². The number of methoxy groups -OCH3 is 1. The minimum absolute atomic E-state index is 0.262. The average Bonchev–Trinajstić information content (AvgIpc) is 2.91. The molecule has 0 unspecified atom stereocenters. The van der Waals surface area contributed by atoms with E-state index < -0.39 is 11.9 Å². The van der Waals surface area contributed by atoms with E-state index in [0.717, 1.165) is 5.39 Å². The third kappa shape index (κ3) is 2.74. The summed E-state index contributed by atoms with van der Waals surface area (Å²) in [6, 6.07) is 12.6. The van der Waals surface area contributed by atoms with E-state index in [1.807, 2.05) is 0 Å². The van der Waals surface area contributed by atoms with Crippen LogP contribution in [0.4, 0.5) is 10.1 Å². The van der Waals surface area contributed by atoms with Gasteiger partial charge < -0.3 is 14.6 Å². The quantitative estimate of drug-likeness (QED) is 0.751. The van der Waals surface area contributed by atoms with Crippen LogP contribution in [0.2, 0.25) is 0 Å². The van der Waals surface area contributed by atoms with Crippen molar-refractivity contribution in [1.29, 1.82) is 0 Å². The maximum atomic E-state index is 13.4. The Balaban J connectivity index is 1.97. The van der Waals surface area contributed by atoms with Gasteiger partial charge in [0.05, 0.1) is 23.9 Å². The van der Waals surface area contributed by atoms with E-state index in [9.17, 15) is 14.0 Å². The summed E-state index contributed by atoms with van der Waals surface area (Å²) in [5.41, 5.74) is 1.58. The number of ether oxygens (including phenoxy) is 1. The van der Waals surface area contributed by atoms with Crippen LogP contribution in [0, 0.1) is 5.82 Å². The summed E-state index contributed by atoms with van der Waals surface area (Å²) in [6.07, 6.45) is 0. The van der Waals surface area contributed by atoms with Gasteiger partial charge in [-0.2, -0.15) is 0 Å². The highest BCUT2D eigenvalue weighted by Gasteiger charge is 2.17. The first kappa shape index (κ1) is 15.7. The zero-order valence-electron chi connectivity index (χ0n) is 13.2. The number of nitrogens with one attached hydrogen (secondary N) is 1. The third-order valence-electron chi connectivity index (χ3n) is 3.82. The van der Waals surface area contributed by atoms with Crippen LogP contribution in [0.15, 0.2) is 48.5 Å². The largest absolute Gasteiger partial charge is 0.465 e. The second-order valence-corrected chi connectivity index (χ2v) is 5.28. The molecule has 0 aliphatic carbocycles. The number of rotatable bonds is 3. The normalized spacial score (nSPS) is 10.6. The Morgan fingerprint density at radius 3 is 2.62 bits per heavy atom. The van der Waals surface area contributed by atoms with Gasteiger partial charge in [-0.25, -0.2) is 9.18 Å². The molecule has 0 spiro atoms. The number of nitrogens with zero attached hydrogens (tertiary/aromatic N) is 1. The van der Waals surface area contributed by atoms with Gasteiger partial charge in [0.1, 0.15) is 11.5 Å². The minimum atomic E-state index is -0.537. The number of fused-ring (bicyclic) bond motifs is 1. The van der Waals surface area contributed by atoms with Crippen LogP contribution in [0.1, 0.15) is 20.8 Å². The van der Waals surface area contributed by atoms with Gasteiger partial charge in [0, 0.05) is 12.4 Å². The first-order valence-corrected chi connectivity index (χ1v) is 7.25. The van der Waals surface area contributed by atoms with E-state index in [0.29, 0.717) is 16.9 Å². The Morgan fingerprint density at radius 2 is 1.88 bits per heavy atom. The average molecular weight is 326 g/mol. The summed E-state index contributed by atoms with van der Waals surface area (Å²) >= 11 is 0. The number of esters is 1. The molecule has 0 bridgehead atoms. The Hall–Kier alpha value is -3.15. The number of carbonyl (C=O) groups is 2. The molecule has 6 heteroatoms. The van der Waals surface area contributed by atoms with Crippen LogP contribution in [0.25, 0.3) is 10.9 Å². The van der Waals surface area contributed by atoms with Crippen LogP contribution in [0.3, 0.4) is 0 Å². The molecule has 1 heterocycles. The van der Waals surface area contributed by atoms with Crippen LogP contribution in [-0.4, -0.2) is 23.6 Å². The minimum Gasteiger partial charge on any atom is -0.465 e. The second-order valence-electron chi connectivity index (χ2n) is 5.28. The fourth-order valence-corrected chi connectivity index (χ4v) is 2.59. The Bertz CT molecular complexity index is 947. The highest BCUT2D eigenvalue weighted by Crippen LogP contribution is 2.22. The number of carbonyl (C=O) groups excluding carboxylic acids is 2. The molecule has 3 aromatic rings. The molecule has 0 saturated carbocycles. The molecule has 122 valence electrons. The Labute approximate surface area is 137 Å². The van der Waals surface area contributed by atoms with Gasteiger partial charge in [-0.05, 0) is 36.4 Å². The van der Waals surface area contributed by atoms with E-state index in [4.69, 9.17) is 4.74 Å². The summed E-state index contributed by atoms with van der Waals surface area (Å²) in [7, 11) is 2.96. The third-order valence-corrected chi connectivity index (χ3v) is 3.82. The molecule has 2 aromatic carbocycles. The van der Waals surface area contributed by atoms with E-state index in [2.05, 4.69) is 5.32 Å². The molecule has 1 aromatic heterocycles. The van der Waals surface area contributed by atoms with E-state index in [1.165, 1.54) is 19.2 Å². The molecule has 5 nitrogen and oxygen atoms in total. The van der Waals surface area contributed by atoms with Crippen molar-refractivity contribution in [2.75, 3.05) is 12.4 Å². The summed E-state index contributed by atoms with van der Waals surface area (Å²) < 4.78 is 19.7. The van der Waals surface area contributed by atoms with Crippen molar-refractivity contribution in [2.45, 2.75) is 0 Å². The first-order chi connectivity index (χ1) is 11.5. The lowest BCUT2D eigenvalue weighted by Gasteiger charge is -2.10. The number of para-hydroxylation sites is 1. The number of benzene rings is 2. The van der Waals surface area contributed by atoms with E-state index in [-0.39, 0.29) is 11.4 Å². The molecule has 1 amide bonds. The number of hydrogen-bond donors (Lipinski definition) is 1. The maximum Gasteiger partial charge on any atom is 0.339 e. The lowest BCUT2D eigenvalue weighted by Crippen LogP contribution is -2.17. The molecular weight excluding hydrogens is 311 g/mol. The van der Waals surface area contributed by atoms with Crippen molar-refractivity contribution in [3.05, 3.63) is 65.6 Å². The van der Waals surface area contributed by atoms with E-state index in [1.54, 1.807) is 48.0 Å². The molecule has 0 aliphatic rings. The molecule has 0 aliphatic heterocycles. The van der Waals surface area contributed by atoms with Gasteiger partial charge >= 0.3 is 5.97 Å². The molecular formula is C18H15FN2O3. The van der Waals surface area contributed by atoms with Crippen molar-refractivity contribution in [3.63, 3.8) is 0 Å². The Morgan fingerprint density at radius 1 is 1.12 bits per heavy atom. The van der Waals surface area contributed by atoms with Crippen molar-refractivity contribution in [3.8, 4) is 0 Å². The zero-order chi connectivity index (χ0) is 17.3. The number of amides is 1. The molecule has 0 saturated heterocycles. The van der Waals surface area contributed by atoms with Gasteiger partial charge in [0.25, 0.3) is 5.91 Å². The van der Waals surface area contributed by atoms with Crippen molar-refractivity contribution >= 4 is 28.5 Å². The summed E-state index contributed by atoms with van der Waals surface area (Å²) in [5.74, 6) is -1.30. The molecule has 0 atom stereocenters. The Kier molecular flexibility index (Phi) is 4.04. The molecule has 0 radical (unpaired) electrons. The standard InChI is InChI=1S/C18H15FN2O3/c1-21-15-10-12(19)8-7-11(15)9-16(21)17(22)20-14-6-4-3-5-13(14)18(23)24-2/h3-10H,1-2H3,(H,20,22). The number of halogens is 1. The highest BCUT2D eigenvalue weighted by molar-refractivity contribution is 6.09. The SMILES string of the molecule is COC(=O)c1ccccc1NC(=O)c1cc2ccc(F)cc2n1C. The maximum absolute atomic E-state index is 13.4. The fourth-order valence-electron chi connectivity index (χ4n) is 2.59. The number of aromatic nitrogens is 1. The van der Waals surface area contributed by atoms with Gasteiger partial charge in [-0.3, -0.25) is 4.79 Å². The van der Waals surface area contributed by atoms with Crippen LogP contribution < -0.4 is 5.32 Å². The van der Waals surface area contributed by atoms with E-state index >= 15 is 0 Å². The summed E-state index contributed by atoms with van der Waals surface area (Å²) in [5, 5.41) is 3.46. The smallest absolute Gasteiger partial charge is 0.339 e. The zero-order valence-corrected chi connectivity index (χ0v) is 13.2. The van der Waals surface area contributed by atoms with Gasteiger partial charge in [-0.15, -0.1) is 0 Å². The fraction of sp³-hybridized carbons (Fsp3) is 0.111. The predicted molar refractivity (Wildman–Crippen MR) is 88.6 cm³/mol. The molecule has 1 N–H and O–H groups in total. The van der Waals surface area contributed by atoms with Crippen LogP contribution >= 0.6 is 0 Å². The first-order valence-electron chi connectivity index (χ1n) is 7.25. The number of anilines is 1. The van der Waals surface area contributed by atoms with Gasteiger partial charge in [0.2, 0.25) is 0 Å². The lowest BCUT2D eigenvalue weighted by molar-refractivity contribution is 0.0602. The topological polar surface area (TPSA) is 60.3 Å². The second kappa shape index (κ2) is 6.16. The molecule has 24 heavy (non-hydrogen) atoms. The van der Waals surface area contributed by atoms with Gasteiger partial charge in [-0.1, -0.05) is 12.1 Å². The summed E-state index contributed by atoms with van der Waals surface area (Å²) in [6.45, 7) is 0. The summed E-state index contributed by atoms with van der Waals surface area (Å²) in [4.78, 5) is 24.4. The number of aryl methyl sites for hydroxylation is 1. The number of hydrogen-bond acceptors (Lipinski definition) is 3. The predicted octanol–water partition coefficient (Wildman–Crippen LogP) is 3.36. The monoisotopic (exact) mass is 326 g/mol. The van der Waals surface area contributed by atoms with Crippen LogP contribution in [0.5, 0.6) is 0 Å². The van der Waals surface area contributed by atoms with Crippen molar-refractivity contribution < 1.29 is 18.7 Å². The van der Waals surface area contributed by atoms with Crippen LogP contribution in [-0.2, 0) is 11.8 Å². The van der Waals surface area contributed by atoms with Gasteiger partial charge in [0.15, 0.2) is 0 Å². The molecule has 0 fully saturated rings. The highest BCUT2D eigenvalue weighted by atomic mass is 19.1. The lowest BCUT2D eigenvalue weighted by atomic mass is 10.1. The molecule has 3 rings (SSSR count). The van der Waals surface area contributed by atoms with Crippen molar-refractivity contribution in [2.24, 2.45) is 7.05 Å².